The molecule has 0 aliphatic carbocycles. The van der Waals surface area contributed by atoms with E-state index in [0.29, 0.717) is 27.7 Å². The number of nitro benzene ring substituents is 1. The van der Waals surface area contributed by atoms with Crippen LogP contribution in [0.3, 0.4) is 0 Å². The van der Waals surface area contributed by atoms with E-state index in [1.54, 1.807) is 71.3 Å². The van der Waals surface area contributed by atoms with Crippen LogP contribution in [0.5, 0.6) is 17.2 Å². The molecule has 2 aromatic heterocycles. The number of aliphatic hydroxyl groups excluding tert-OH is 1. The molecule has 6 heterocycles. The van der Waals surface area contributed by atoms with Crippen LogP contribution < -0.4 is 40.6 Å². The van der Waals surface area contributed by atoms with E-state index >= 15 is 0 Å². The van der Waals surface area contributed by atoms with Crippen molar-refractivity contribution in [3.05, 3.63) is 150 Å². The monoisotopic (exact) mass is 1520 g/mol. The second kappa shape index (κ2) is 27.5. The van der Waals surface area contributed by atoms with Crippen LogP contribution in [0.4, 0.5) is 17.2 Å². The van der Waals surface area contributed by atoms with Gasteiger partial charge in [0.1, 0.15) is 65.9 Å². The predicted octanol–water partition coefficient (Wildman–Crippen LogP) is 5.86. The van der Waals surface area contributed by atoms with Crippen LogP contribution in [-0.4, -0.2) is 156 Å². The average Bonchev–Trinajstić information content (AvgIpc) is 1.39. The molecule has 0 radical (unpaired) electrons. The Bertz CT molecular complexity index is 5170. The van der Waals surface area contributed by atoms with Crippen LogP contribution >= 0.6 is 22.4 Å². The van der Waals surface area contributed by atoms with Crippen LogP contribution in [0, 0.1) is 27.4 Å². The van der Waals surface area contributed by atoms with E-state index in [2.05, 4.69) is 35.7 Å². The average molecular weight is 1520 g/mol. The number of nitrogens with zero attached hydrogens (tertiary/aromatic N) is 6. The van der Waals surface area contributed by atoms with Gasteiger partial charge in [0, 0.05) is 84.4 Å². The highest BCUT2D eigenvalue weighted by Crippen LogP contribution is 2.66. The van der Waals surface area contributed by atoms with E-state index in [-0.39, 0.29) is 96.9 Å². The zero-order valence-electron chi connectivity index (χ0n) is 55.4. The molecule has 0 bridgehead atoms. The summed E-state index contributed by atoms with van der Waals surface area (Å²) in [6.45, 7) is 6.47. The van der Waals surface area contributed by atoms with E-state index in [4.69, 9.17) is 50.8 Å². The molecule has 4 aromatic carbocycles. The molecule has 6 atom stereocenters. The third kappa shape index (κ3) is 16.5. The van der Waals surface area contributed by atoms with Crippen molar-refractivity contribution in [3.63, 3.8) is 0 Å². The largest absolute Gasteiger partial charge is 0.495 e. The van der Waals surface area contributed by atoms with E-state index < -0.39 is 136 Å². The number of carboxylic acids is 1. The van der Waals surface area contributed by atoms with Gasteiger partial charge in [0.2, 0.25) is 5.36 Å². The van der Waals surface area contributed by atoms with Crippen molar-refractivity contribution < 1.29 is 111 Å². The van der Waals surface area contributed by atoms with Crippen LogP contribution in [0.1, 0.15) is 127 Å². The SMILES string of the molecule is COc1cc([C@@H](OCc2cn([C@H]3C[C@H](O)[C@@H](COP(O)(=S)OP(=O)(O)OP(=O)(O)O)O3)c3ncnc(N)c23)C(C)(C)C)c([N+](=O)[O-])cc1C#CCNC(=O)c1ccc(C2=c3cc4c(cc3Oc3cc5c(cc32)C(CS(=O)(=O)O)=CC(C)(C)N5C)=[N+](C)C(C)(C)C=C4CS(=O)(=O)O)c(C(=O)O)c1. The molecule has 39 heteroatoms. The van der Waals surface area contributed by atoms with Gasteiger partial charge in [0.15, 0.2) is 5.54 Å². The summed E-state index contributed by atoms with van der Waals surface area (Å²) >= 11 is 4.71. The Hall–Kier alpha value is -7.72. The summed E-state index contributed by atoms with van der Waals surface area (Å²) in [6, 6.07) is 13.0. The van der Waals surface area contributed by atoms with Gasteiger partial charge >= 0.3 is 28.3 Å². The fourth-order valence-electron chi connectivity index (χ4n) is 12.4. The molecule has 11 N–H and O–H groups in total. The van der Waals surface area contributed by atoms with E-state index in [1.807, 2.05) is 37.2 Å². The number of anilines is 2. The highest BCUT2D eigenvalue weighted by molar-refractivity contribution is 8.08. The number of aromatic nitrogens is 3. The van der Waals surface area contributed by atoms with Crippen LogP contribution in [-0.2, 0) is 70.4 Å². The summed E-state index contributed by atoms with van der Waals surface area (Å²) in [5, 5.41) is 38.8. The maximum atomic E-state index is 14.1. The number of methoxy groups -OCH3 is 1. The second-order valence-corrected chi connectivity index (χ2v) is 34.9. The minimum atomic E-state index is -5.65. The molecule has 10 rings (SSSR count). The number of amides is 1. The van der Waals surface area contributed by atoms with Crippen LogP contribution in [0.15, 0.2) is 79.3 Å². The number of ether oxygens (including phenoxy) is 4. The fraction of sp³-hybridized carbons (Fsp3) is 0.371. The molecule has 0 saturated carbocycles. The highest BCUT2D eigenvalue weighted by atomic mass is 32.5. The summed E-state index contributed by atoms with van der Waals surface area (Å²) < 4.78 is 135. The summed E-state index contributed by atoms with van der Waals surface area (Å²) in [5.74, 6) is 2.21. The van der Waals surface area contributed by atoms with Crippen LogP contribution in [0.25, 0.3) is 27.8 Å². The molecule has 4 aliphatic rings. The number of nitrogens with one attached hydrogen (secondary N) is 1. The van der Waals surface area contributed by atoms with Crippen molar-refractivity contribution in [1.29, 1.82) is 0 Å². The topological polar surface area (TPSA) is 481 Å². The molecule has 540 valence electrons. The molecule has 6 aromatic rings. The standard InChI is InChI=1S/C62H69N8O25P3S3/c1-60(2,3)55(90-27-36-26-69(57-53(36)56(63)65-31-66-57)52-23-47(71)51(93-52)28-91-98(82,99)95-97(80,81)94-96(77,78)79)41-20-48(89-10)32(17-46(41)70(75)76)12-11-15-64-58(72)33-13-14-37(40(16-33)59(73)74)54-42-18-38-34(29-100(83,84)85)24-61(4,5)67(8)44(38)21-49(42)92-50-22-45-39(19-43(50)54)35(30-101(86,87)88)25-62(6,7)68(45)9/h13-14,16-22,24-26,31,47,51-52,55,71H,15,23,27-30H2,1-10H3,(H9-,63,64,65,66,72,73,74,77,78,79,80,81,82,83,84,85,86,87,88,99)/p+1/t47-,51+,52+,55+,98?/m0/s1. The number of nitro groups is 1. The van der Waals surface area contributed by atoms with Crippen LogP contribution in [0.2, 0.25) is 0 Å². The minimum Gasteiger partial charge on any atom is -0.495 e. The molecular formula is C62H70N8O25P3S3+. The molecular weight excluding hydrogens is 1450 g/mol. The first-order valence-electron chi connectivity index (χ1n) is 30.2. The Balaban J connectivity index is 0.934. The number of aromatic carboxylic acids is 1. The number of carbonyl (C=O) groups excluding carboxylic acids is 1. The van der Waals surface area contributed by atoms with Crippen molar-refractivity contribution in [2.45, 2.75) is 97.1 Å². The lowest BCUT2D eigenvalue weighted by Gasteiger charge is -2.41. The number of hydrogen-bond acceptors (Lipinski definition) is 23. The number of benzene rings is 4. The zero-order valence-corrected chi connectivity index (χ0v) is 60.5. The van der Waals surface area contributed by atoms with Crippen molar-refractivity contribution in [2.75, 3.05) is 56.5 Å². The molecule has 33 nitrogen and oxygen atoms in total. The van der Waals surface area contributed by atoms with Gasteiger partial charge in [0.25, 0.3) is 31.8 Å². The number of nitrogens with two attached hydrogens (primary N) is 1. The van der Waals surface area contributed by atoms with Crippen molar-refractivity contribution in [3.8, 4) is 29.1 Å². The molecule has 1 fully saturated rings. The maximum Gasteiger partial charge on any atom is 0.488 e. The minimum absolute atomic E-state index is 0.0124. The Morgan fingerprint density at radius 2 is 1.61 bits per heavy atom. The number of likely N-dealkylation sites (N-methyl/N-ethyl adjacent to an activating group) is 2. The van der Waals surface area contributed by atoms with E-state index in [9.17, 15) is 74.8 Å². The molecule has 1 saturated heterocycles. The number of hydrogen-bond donors (Lipinski definition) is 10. The lowest BCUT2D eigenvalue weighted by Crippen LogP contribution is -2.47. The van der Waals surface area contributed by atoms with Gasteiger partial charge in [-0.05, 0) is 84.2 Å². The lowest BCUT2D eigenvalue weighted by atomic mass is 9.83. The smallest absolute Gasteiger partial charge is 0.488 e. The first kappa shape index (κ1) is 75.9. The van der Waals surface area contributed by atoms with Crippen molar-refractivity contribution >= 4 is 111 Å². The van der Waals surface area contributed by atoms with Gasteiger partial charge < -0.3 is 73.8 Å². The van der Waals surface area contributed by atoms with Crippen molar-refractivity contribution in [1.82, 2.24) is 24.4 Å². The summed E-state index contributed by atoms with van der Waals surface area (Å²) in [4.78, 5) is 88.4. The van der Waals surface area contributed by atoms with Gasteiger partial charge in [-0.1, -0.05) is 44.8 Å². The van der Waals surface area contributed by atoms with Gasteiger partial charge in [-0.2, -0.15) is 21.1 Å². The Morgan fingerprint density at radius 3 is 2.24 bits per heavy atom. The fourth-order valence-corrected chi connectivity index (χ4v) is 17.7. The molecule has 0 spiro atoms. The normalized spacial score (nSPS) is 19.4. The summed E-state index contributed by atoms with van der Waals surface area (Å²) in [5.41, 5.74) is 5.74. The highest BCUT2D eigenvalue weighted by Gasteiger charge is 2.43. The predicted molar refractivity (Wildman–Crippen MR) is 369 cm³/mol. The maximum absolute atomic E-state index is 14.1. The number of nitrogen functional groups attached to an aromatic ring is 1. The third-order valence-corrected chi connectivity index (χ3v) is 23.3. The van der Waals surface area contributed by atoms with Gasteiger partial charge in [-0.25, -0.2) is 32.8 Å². The van der Waals surface area contributed by atoms with Gasteiger partial charge in [0.05, 0.1) is 83.2 Å². The van der Waals surface area contributed by atoms with E-state index in [1.165, 1.54) is 42.1 Å². The number of aliphatic hydroxyl groups is 1. The summed E-state index contributed by atoms with van der Waals surface area (Å²) in [7, 11) is -15.6. The Kier molecular flexibility index (Phi) is 20.7. The second-order valence-electron chi connectivity index (χ2n) is 26.2. The molecule has 2 unspecified atom stereocenters. The molecule has 1 amide bonds. The number of rotatable bonds is 22. The van der Waals surface area contributed by atoms with Gasteiger partial charge in [-0.3, -0.25) is 24.0 Å². The molecule has 4 aliphatic heterocycles. The first-order valence-corrected chi connectivity index (χ1v) is 39.1. The number of fused-ring (bicyclic) bond motifs is 5. The zero-order chi connectivity index (χ0) is 74.4. The number of carboxylic acid groups (broad SMARTS) is 1. The first-order chi connectivity index (χ1) is 46.6. The Labute approximate surface area is 582 Å². The Morgan fingerprint density at radius 1 is 0.941 bits per heavy atom. The summed E-state index contributed by atoms with van der Waals surface area (Å²) in [6.07, 6.45) is 1.16. The third-order valence-electron chi connectivity index (χ3n) is 17.2. The van der Waals surface area contributed by atoms with Crippen molar-refractivity contribution in [2.24, 2.45) is 5.41 Å². The van der Waals surface area contributed by atoms with Gasteiger partial charge in [-0.15, -0.1) is 0 Å². The lowest BCUT2D eigenvalue weighted by molar-refractivity contribution is -0.386. The quantitative estimate of drug-likeness (QED) is 0.00948. The number of phosphoric acid groups is 2. The van der Waals surface area contributed by atoms with E-state index in [0.717, 1.165) is 12.4 Å². The molecule has 101 heavy (non-hydrogen) atoms. The number of carbonyl (C=O) groups is 2.